The second-order valence-corrected chi connectivity index (χ2v) is 12.7. The zero-order valence-electron chi connectivity index (χ0n) is 19.2. The standard InChI is InChI=1S/C21H22N4O8S3/c1-32-14-10-6-7-11-15(14)33-13-9-5-4-8-12(13)23-18(26)19(27)25-21-24-16(17(22)35(2,28)29)20(34-21)36(3,30)31/h4-11,17H,22H2,1-3H3,(H,23,26)(H,24,25,27). The lowest BCUT2D eigenvalue weighted by Crippen LogP contribution is -2.29. The van der Waals surface area contributed by atoms with Crippen LogP contribution in [0.4, 0.5) is 10.8 Å². The normalized spacial score (nSPS) is 12.4. The van der Waals surface area contributed by atoms with Crippen LogP contribution in [0.25, 0.3) is 0 Å². The van der Waals surface area contributed by atoms with E-state index in [0.29, 0.717) is 22.8 Å². The van der Waals surface area contributed by atoms with Gasteiger partial charge in [-0.3, -0.25) is 14.9 Å². The number of para-hydroxylation sites is 4. The van der Waals surface area contributed by atoms with Crippen molar-refractivity contribution in [1.82, 2.24) is 4.98 Å². The maximum Gasteiger partial charge on any atom is 0.315 e. The minimum atomic E-state index is -3.93. The molecule has 1 atom stereocenters. The number of sulfone groups is 2. The van der Waals surface area contributed by atoms with E-state index in [-0.39, 0.29) is 16.6 Å². The third-order valence-electron chi connectivity index (χ3n) is 4.54. The lowest BCUT2D eigenvalue weighted by atomic mass is 10.2. The van der Waals surface area contributed by atoms with Crippen molar-refractivity contribution in [2.24, 2.45) is 5.73 Å². The summed E-state index contributed by atoms with van der Waals surface area (Å²) in [6.07, 6.45) is 1.66. The SMILES string of the molecule is COc1ccccc1Oc1ccccc1NC(=O)C(=O)Nc1nc(C(N)S(C)(=O)=O)c(S(C)(=O)=O)s1. The first-order valence-electron chi connectivity index (χ1n) is 9.98. The predicted octanol–water partition coefficient (Wildman–Crippen LogP) is 1.93. The summed E-state index contributed by atoms with van der Waals surface area (Å²) in [5, 5.41) is 2.52. The van der Waals surface area contributed by atoms with Gasteiger partial charge >= 0.3 is 11.8 Å². The Bertz CT molecular complexity index is 1520. The summed E-state index contributed by atoms with van der Waals surface area (Å²) in [5.41, 5.74) is 5.37. The molecule has 1 heterocycles. The van der Waals surface area contributed by atoms with Crippen LogP contribution in [0, 0.1) is 0 Å². The number of benzene rings is 2. The van der Waals surface area contributed by atoms with E-state index in [4.69, 9.17) is 15.2 Å². The lowest BCUT2D eigenvalue weighted by Gasteiger charge is -2.13. The van der Waals surface area contributed by atoms with E-state index >= 15 is 0 Å². The highest BCUT2D eigenvalue weighted by Crippen LogP contribution is 2.35. The fourth-order valence-electron chi connectivity index (χ4n) is 2.83. The monoisotopic (exact) mass is 554 g/mol. The highest BCUT2D eigenvalue weighted by molar-refractivity contribution is 7.93. The van der Waals surface area contributed by atoms with E-state index in [9.17, 15) is 26.4 Å². The van der Waals surface area contributed by atoms with Crippen LogP contribution in [0.2, 0.25) is 0 Å². The van der Waals surface area contributed by atoms with Crippen molar-refractivity contribution < 1.29 is 35.9 Å². The molecule has 0 spiro atoms. The number of nitrogens with one attached hydrogen (secondary N) is 2. The molecule has 3 aromatic rings. The van der Waals surface area contributed by atoms with E-state index in [1.165, 1.54) is 13.2 Å². The molecule has 0 bridgehead atoms. The Kier molecular flexibility index (Phi) is 7.98. The number of anilines is 2. The Hall–Kier alpha value is -3.53. The maximum absolute atomic E-state index is 12.6. The number of nitrogens with two attached hydrogens (primary N) is 1. The van der Waals surface area contributed by atoms with Gasteiger partial charge in [0.25, 0.3) is 0 Å². The van der Waals surface area contributed by atoms with Crippen LogP contribution in [0.15, 0.2) is 52.7 Å². The summed E-state index contributed by atoms with van der Waals surface area (Å²) in [5.74, 6) is -1.26. The number of hydrogen-bond donors (Lipinski definition) is 3. The van der Waals surface area contributed by atoms with Gasteiger partial charge in [0, 0.05) is 12.5 Å². The molecule has 1 unspecified atom stereocenters. The van der Waals surface area contributed by atoms with Gasteiger partial charge in [-0.2, -0.15) is 0 Å². The van der Waals surface area contributed by atoms with Gasteiger partial charge in [0.05, 0.1) is 12.8 Å². The van der Waals surface area contributed by atoms with Crippen LogP contribution < -0.4 is 25.8 Å². The number of aromatic nitrogens is 1. The van der Waals surface area contributed by atoms with Crippen LogP contribution in [0.5, 0.6) is 17.2 Å². The third kappa shape index (κ3) is 6.37. The molecule has 0 radical (unpaired) electrons. The number of amides is 2. The minimum absolute atomic E-state index is 0.166. The molecule has 0 fully saturated rings. The number of methoxy groups -OCH3 is 1. The number of carbonyl (C=O) groups is 2. The van der Waals surface area contributed by atoms with Crippen molar-refractivity contribution in [3.8, 4) is 17.2 Å². The summed E-state index contributed by atoms with van der Waals surface area (Å²) in [7, 11) is -6.36. The molecule has 0 saturated heterocycles. The van der Waals surface area contributed by atoms with Crippen molar-refractivity contribution in [3.63, 3.8) is 0 Å². The van der Waals surface area contributed by atoms with Crippen molar-refractivity contribution in [1.29, 1.82) is 0 Å². The van der Waals surface area contributed by atoms with Crippen LogP contribution >= 0.6 is 11.3 Å². The van der Waals surface area contributed by atoms with Gasteiger partial charge in [-0.05, 0) is 24.3 Å². The summed E-state index contributed by atoms with van der Waals surface area (Å²) in [6, 6.07) is 13.2. The molecular weight excluding hydrogens is 532 g/mol. The second kappa shape index (κ2) is 10.6. The zero-order chi connectivity index (χ0) is 26.7. The van der Waals surface area contributed by atoms with Crippen molar-refractivity contribution >= 4 is 53.6 Å². The van der Waals surface area contributed by atoms with Crippen molar-refractivity contribution in [3.05, 3.63) is 54.2 Å². The highest BCUT2D eigenvalue weighted by atomic mass is 32.2. The first kappa shape index (κ1) is 27.1. The van der Waals surface area contributed by atoms with Gasteiger partial charge < -0.3 is 20.5 Å². The Morgan fingerprint density at radius 1 is 0.917 bits per heavy atom. The summed E-state index contributed by atoms with van der Waals surface area (Å²) >= 11 is 0.478. The first-order chi connectivity index (χ1) is 16.8. The first-order valence-corrected chi connectivity index (χ1v) is 14.6. The maximum atomic E-state index is 12.6. The van der Waals surface area contributed by atoms with Crippen LogP contribution in [-0.4, -0.2) is 53.3 Å². The largest absolute Gasteiger partial charge is 0.493 e. The molecule has 192 valence electrons. The average Bonchev–Trinajstić information content (AvgIpc) is 3.23. The van der Waals surface area contributed by atoms with E-state index in [2.05, 4.69) is 15.6 Å². The van der Waals surface area contributed by atoms with Crippen molar-refractivity contribution in [2.75, 3.05) is 30.3 Å². The molecule has 2 amide bonds. The van der Waals surface area contributed by atoms with Gasteiger partial charge in [-0.1, -0.05) is 35.6 Å². The Labute approximate surface area is 211 Å². The van der Waals surface area contributed by atoms with Gasteiger partial charge in [0.2, 0.25) is 0 Å². The lowest BCUT2D eigenvalue weighted by molar-refractivity contribution is -0.133. The number of carbonyl (C=O) groups excluding carboxylic acids is 2. The van der Waals surface area contributed by atoms with E-state index in [1.807, 2.05) is 0 Å². The Morgan fingerprint density at radius 2 is 1.47 bits per heavy atom. The quantitative estimate of drug-likeness (QED) is 0.348. The fourth-order valence-corrected chi connectivity index (χ4v) is 5.69. The number of rotatable bonds is 8. The number of thiazole rings is 1. The summed E-state index contributed by atoms with van der Waals surface area (Å²) < 4.78 is 58.5. The van der Waals surface area contributed by atoms with Gasteiger partial charge in [0.1, 0.15) is 9.90 Å². The van der Waals surface area contributed by atoms with Crippen LogP contribution in [0.3, 0.4) is 0 Å². The molecule has 15 heteroatoms. The molecule has 12 nitrogen and oxygen atoms in total. The smallest absolute Gasteiger partial charge is 0.315 e. The molecule has 36 heavy (non-hydrogen) atoms. The number of nitrogens with zero attached hydrogens (tertiary/aromatic N) is 1. The van der Waals surface area contributed by atoms with E-state index < -0.39 is 46.8 Å². The molecule has 2 aromatic carbocycles. The highest BCUT2D eigenvalue weighted by Gasteiger charge is 2.31. The topological polar surface area (TPSA) is 184 Å². The molecule has 1 aromatic heterocycles. The van der Waals surface area contributed by atoms with E-state index in [1.54, 1.807) is 42.5 Å². The van der Waals surface area contributed by atoms with Gasteiger partial charge in [0.15, 0.2) is 47.4 Å². The molecule has 0 aliphatic rings. The summed E-state index contributed by atoms with van der Waals surface area (Å²) in [4.78, 5) is 28.9. The second-order valence-electron chi connectivity index (χ2n) is 7.37. The number of ether oxygens (including phenoxy) is 2. The van der Waals surface area contributed by atoms with Gasteiger partial charge in [-0.25, -0.2) is 21.8 Å². The van der Waals surface area contributed by atoms with E-state index in [0.717, 1.165) is 12.5 Å². The fraction of sp³-hybridized carbons (Fsp3) is 0.190. The minimum Gasteiger partial charge on any atom is -0.493 e. The number of hydrogen-bond acceptors (Lipinski definition) is 11. The Morgan fingerprint density at radius 3 is 2.06 bits per heavy atom. The van der Waals surface area contributed by atoms with Gasteiger partial charge in [-0.15, -0.1) is 0 Å². The van der Waals surface area contributed by atoms with Crippen LogP contribution in [-0.2, 0) is 29.3 Å². The predicted molar refractivity (Wildman–Crippen MR) is 134 cm³/mol. The Balaban J connectivity index is 1.81. The van der Waals surface area contributed by atoms with Crippen molar-refractivity contribution in [2.45, 2.75) is 9.58 Å². The molecule has 3 rings (SSSR count). The molecule has 0 aliphatic heterocycles. The molecular formula is C21H22N4O8S3. The molecule has 0 saturated carbocycles. The van der Waals surface area contributed by atoms with Crippen LogP contribution in [0.1, 0.15) is 11.1 Å². The summed E-state index contributed by atoms with van der Waals surface area (Å²) in [6.45, 7) is 0. The molecule has 4 N–H and O–H groups in total. The zero-order valence-corrected chi connectivity index (χ0v) is 21.7. The average molecular weight is 555 g/mol. The third-order valence-corrected chi connectivity index (χ3v) is 8.51. The molecule has 0 aliphatic carbocycles.